The summed E-state index contributed by atoms with van der Waals surface area (Å²) in [6.45, 7) is 0. The maximum Gasteiger partial charge on any atom is 0.307 e. The van der Waals surface area contributed by atoms with E-state index in [0.29, 0.717) is 22.0 Å². The number of furan rings is 1. The molecule has 0 aliphatic carbocycles. The van der Waals surface area contributed by atoms with Gasteiger partial charge in [0.15, 0.2) is 5.76 Å². The van der Waals surface area contributed by atoms with E-state index in [4.69, 9.17) is 14.5 Å². The average Bonchev–Trinajstić information content (AvgIpc) is 3.60. The van der Waals surface area contributed by atoms with Crippen LogP contribution in [-0.4, -0.2) is 25.8 Å². The highest BCUT2D eigenvalue weighted by Gasteiger charge is 2.19. The summed E-state index contributed by atoms with van der Waals surface area (Å²) in [5.41, 5.74) is 4.51. The van der Waals surface area contributed by atoms with Gasteiger partial charge in [-0.1, -0.05) is 48.5 Å². The predicted molar refractivity (Wildman–Crippen MR) is 139 cm³/mol. The Morgan fingerprint density at radius 3 is 2.57 bits per heavy atom. The van der Waals surface area contributed by atoms with Crippen LogP contribution in [-0.2, 0) is 4.79 Å². The van der Waals surface area contributed by atoms with Gasteiger partial charge in [-0.2, -0.15) is 5.10 Å². The molecule has 170 valence electrons. The normalized spacial score (nSPS) is 11.9. The maximum atomic E-state index is 11.8. The van der Waals surface area contributed by atoms with E-state index in [2.05, 4.69) is 0 Å². The standard InChI is InChI=1S/C28H19N3O3S/c32-26(33)16-19(28-29-22-11-5-7-13-25(22)35-28)14-20-17-31(21-9-2-1-3-10-21)30-27(20)24-15-18-8-4-6-12-23(18)34-24/h1-15,17H,16H2,(H,32,33). The number of fused-ring (bicyclic) bond motifs is 2. The van der Waals surface area contributed by atoms with Crippen molar-refractivity contribution in [2.75, 3.05) is 0 Å². The first kappa shape index (κ1) is 21.1. The van der Waals surface area contributed by atoms with Crippen LogP contribution in [0.25, 0.3) is 50.0 Å². The molecule has 0 amide bonds. The van der Waals surface area contributed by atoms with Gasteiger partial charge in [-0.3, -0.25) is 4.79 Å². The summed E-state index contributed by atoms with van der Waals surface area (Å²) in [6.07, 6.45) is 3.60. The number of benzene rings is 3. The first-order valence-corrected chi connectivity index (χ1v) is 11.9. The fourth-order valence-corrected chi connectivity index (χ4v) is 5.02. The zero-order chi connectivity index (χ0) is 23.8. The zero-order valence-corrected chi connectivity index (χ0v) is 19.3. The smallest absolute Gasteiger partial charge is 0.307 e. The van der Waals surface area contributed by atoms with Gasteiger partial charge >= 0.3 is 5.97 Å². The summed E-state index contributed by atoms with van der Waals surface area (Å²) in [7, 11) is 0. The Labute approximate surface area is 204 Å². The van der Waals surface area contributed by atoms with E-state index in [-0.39, 0.29) is 6.42 Å². The van der Waals surface area contributed by atoms with Gasteiger partial charge in [0.25, 0.3) is 0 Å². The average molecular weight is 478 g/mol. The molecule has 0 unspecified atom stereocenters. The highest BCUT2D eigenvalue weighted by Crippen LogP contribution is 2.34. The number of rotatable bonds is 6. The molecule has 3 aromatic heterocycles. The molecule has 6 aromatic rings. The number of hydrogen-bond acceptors (Lipinski definition) is 5. The van der Waals surface area contributed by atoms with E-state index in [0.717, 1.165) is 32.4 Å². The number of aliphatic carboxylic acids is 1. The van der Waals surface area contributed by atoms with E-state index < -0.39 is 5.97 Å². The van der Waals surface area contributed by atoms with Gasteiger partial charge in [0.1, 0.15) is 16.3 Å². The molecule has 3 aromatic carbocycles. The topological polar surface area (TPSA) is 81.1 Å². The van der Waals surface area contributed by atoms with Gasteiger partial charge in [-0.05, 0) is 48.0 Å². The molecule has 6 nitrogen and oxygen atoms in total. The van der Waals surface area contributed by atoms with Crippen LogP contribution in [0.5, 0.6) is 0 Å². The minimum absolute atomic E-state index is 0.157. The molecule has 0 radical (unpaired) electrons. The number of para-hydroxylation sites is 3. The third kappa shape index (κ3) is 4.13. The number of nitrogens with zero attached hydrogens (tertiary/aromatic N) is 3. The van der Waals surface area contributed by atoms with Crippen molar-refractivity contribution in [1.29, 1.82) is 0 Å². The van der Waals surface area contributed by atoms with Gasteiger partial charge in [0.05, 0.1) is 22.3 Å². The second-order valence-corrected chi connectivity index (χ2v) is 9.12. The van der Waals surface area contributed by atoms with Crippen LogP contribution in [0.1, 0.15) is 17.0 Å². The molecule has 0 aliphatic heterocycles. The van der Waals surface area contributed by atoms with Crippen molar-refractivity contribution in [3.05, 3.63) is 102 Å². The van der Waals surface area contributed by atoms with E-state index >= 15 is 0 Å². The fraction of sp³-hybridized carbons (Fsp3) is 0.0357. The SMILES string of the molecule is O=C(O)CC(=Cc1cn(-c2ccccc2)nc1-c1cc2ccccc2o1)c1nc2ccccc2s1. The van der Waals surface area contributed by atoms with Crippen molar-refractivity contribution >= 4 is 50.1 Å². The number of thiazole rings is 1. The van der Waals surface area contributed by atoms with Crippen LogP contribution in [0.3, 0.4) is 0 Å². The van der Waals surface area contributed by atoms with Crippen molar-refractivity contribution in [2.45, 2.75) is 6.42 Å². The van der Waals surface area contributed by atoms with Crippen LogP contribution in [0.4, 0.5) is 0 Å². The van der Waals surface area contributed by atoms with Crippen LogP contribution in [0, 0.1) is 0 Å². The van der Waals surface area contributed by atoms with Crippen molar-refractivity contribution in [3.63, 3.8) is 0 Å². The van der Waals surface area contributed by atoms with Gasteiger partial charge in [0, 0.05) is 17.1 Å². The minimum Gasteiger partial charge on any atom is -0.481 e. The molecule has 3 heterocycles. The van der Waals surface area contributed by atoms with Gasteiger partial charge in [-0.15, -0.1) is 11.3 Å². The van der Waals surface area contributed by atoms with Crippen molar-refractivity contribution in [3.8, 4) is 17.1 Å². The highest BCUT2D eigenvalue weighted by atomic mass is 32.1. The molecule has 6 rings (SSSR count). The minimum atomic E-state index is -0.920. The third-order valence-electron chi connectivity index (χ3n) is 5.66. The molecule has 0 aliphatic rings. The zero-order valence-electron chi connectivity index (χ0n) is 18.5. The van der Waals surface area contributed by atoms with Crippen LogP contribution in [0.2, 0.25) is 0 Å². The molecule has 0 saturated heterocycles. The lowest BCUT2D eigenvalue weighted by Gasteiger charge is -2.01. The van der Waals surface area contributed by atoms with E-state index in [1.165, 1.54) is 11.3 Å². The summed E-state index contributed by atoms with van der Waals surface area (Å²) in [5.74, 6) is -0.303. The number of carboxylic acid groups (broad SMARTS) is 1. The number of carboxylic acids is 1. The molecule has 35 heavy (non-hydrogen) atoms. The lowest BCUT2D eigenvalue weighted by molar-refractivity contribution is -0.135. The molecular formula is C28H19N3O3S. The molecule has 7 heteroatoms. The first-order valence-electron chi connectivity index (χ1n) is 11.1. The van der Waals surface area contributed by atoms with Crippen LogP contribution >= 0.6 is 11.3 Å². The largest absolute Gasteiger partial charge is 0.481 e. The van der Waals surface area contributed by atoms with Gasteiger partial charge < -0.3 is 9.52 Å². The van der Waals surface area contributed by atoms with Crippen LogP contribution < -0.4 is 0 Å². The summed E-state index contributed by atoms with van der Waals surface area (Å²) < 4.78 is 8.92. The van der Waals surface area contributed by atoms with Gasteiger partial charge in [-0.25, -0.2) is 9.67 Å². The van der Waals surface area contributed by atoms with E-state index in [1.54, 1.807) is 4.68 Å². The van der Waals surface area contributed by atoms with Crippen LogP contribution in [0.15, 0.2) is 95.5 Å². The summed E-state index contributed by atoms with van der Waals surface area (Å²) in [4.78, 5) is 16.5. The second-order valence-electron chi connectivity index (χ2n) is 8.09. The quantitative estimate of drug-likeness (QED) is 0.282. The molecule has 0 fully saturated rings. The second kappa shape index (κ2) is 8.70. The van der Waals surface area contributed by atoms with Gasteiger partial charge in [0.2, 0.25) is 0 Å². The Morgan fingerprint density at radius 2 is 1.77 bits per heavy atom. The Balaban J connectivity index is 1.54. The third-order valence-corrected chi connectivity index (χ3v) is 6.77. The van der Waals surface area contributed by atoms with E-state index in [9.17, 15) is 9.90 Å². The molecular weight excluding hydrogens is 458 g/mol. The maximum absolute atomic E-state index is 11.8. The summed E-state index contributed by atoms with van der Waals surface area (Å²) in [5, 5.41) is 16.1. The van der Waals surface area contributed by atoms with Crippen molar-refractivity contribution in [2.24, 2.45) is 0 Å². The highest BCUT2D eigenvalue weighted by molar-refractivity contribution is 7.19. The number of carbonyl (C=O) groups is 1. The molecule has 1 N–H and O–H groups in total. The number of hydrogen-bond donors (Lipinski definition) is 1. The monoisotopic (exact) mass is 477 g/mol. The summed E-state index contributed by atoms with van der Waals surface area (Å²) >= 11 is 1.48. The Kier molecular flexibility index (Phi) is 5.24. The molecule has 0 bridgehead atoms. The molecule has 0 saturated carbocycles. The van der Waals surface area contributed by atoms with Crippen molar-refractivity contribution in [1.82, 2.24) is 14.8 Å². The lowest BCUT2D eigenvalue weighted by atomic mass is 10.1. The first-order chi connectivity index (χ1) is 17.1. The fourth-order valence-electron chi connectivity index (χ4n) is 4.04. The lowest BCUT2D eigenvalue weighted by Crippen LogP contribution is -1.97. The molecule has 0 spiro atoms. The number of aromatic nitrogens is 3. The summed E-state index contributed by atoms with van der Waals surface area (Å²) in [6, 6.07) is 27.3. The molecule has 0 atom stereocenters. The Bertz CT molecular complexity index is 1640. The Hall–Kier alpha value is -4.49. The Morgan fingerprint density at radius 1 is 1.00 bits per heavy atom. The predicted octanol–water partition coefficient (Wildman–Crippen LogP) is 6.91. The van der Waals surface area contributed by atoms with E-state index in [1.807, 2.05) is 97.2 Å². The van der Waals surface area contributed by atoms with Crippen molar-refractivity contribution < 1.29 is 14.3 Å².